The van der Waals surface area contributed by atoms with E-state index in [4.69, 9.17) is 5.11 Å². The number of anilines is 1. The summed E-state index contributed by atoms with van der Waals surface area (Å²) in [6, 6.07) is 5.88. The lowest BCUT2D eigenvalue weighted by Crippen LogP contribution is -2.17. The van der Waals surface area contributed by atoms with E-state index in [1.165, 1.54) is 43.5 Å². The highest BCUT2D eigenvalue weighted by molar-refractivity contribution is 7.89. The number of carbonyl (C=O) groups is 1. The van der Waals surface area contributed by atoms with Crippen molar-refractivity contribution in [3.63, 3.8) is 0 Å². The molecule has 0 bridgehead atoms. The van der Waals surface area contributed by atoms with Gasteiger partial charge in [0, 0.05) is 12.1 Å². The first kappa shape index (κ1) is 17.6. The van der Waals surface area contributed by atoms with Crippen LogP contribution in [-0.2, 0) is 21.4 Å². The van der Waals surface area contributed by atoms with Gasteiger partial charge in [0.15, 0.2) is 5.82 Å². The molecule has 1 aliphatic carbocycles. The van der Waals surface area contributed by atoms with E-state index in [0.717, 1.165) is 12.7 Å². The molecule has 2 aromatic rings. The molecule has 0 atom stereocenters. The molecule has 134 valence electrons. The lowest BCUT2D eigenvalue weighted by molar-refractivity contribution is -0.116. The highest BCUT2D eigenvalue weighted by atomic mass is 32.2. The lowest BCUT2D eigenvalue weighted by atomic mass is 9.82. The molecule has 0 unspecified atom stereocenters. The normalized spacial score (nSPS) is 14.9. The van der Waals surface area contributed by atoms with Gasteiger partial charge >= 0.3 is 0 Å². The zero-order valence-corrected chi connectivity index (χ0v) is 14.4. The third kappa shape index (κ3) is 4.05. The number of aromatic nitrogens is 3. The molecule has 1 fully saturated rings. The summed E-state index contributed by atoms with van der Waals surface area (Å²) in [5.74, 6) is 0.634. The van der Waals surface area contributed by atoms with Crippen LogP contribution >= 0.6 is 0 Å². The molecule has 1 aromatic carbocycles. The second-order valence-electron chi connectivity index (χ2n) is 6.10. The van der Waals surface area contributed by atoms with Crippen LogP contribution in [0.4, 0.5) is 5.69 Å². The minimum absolute atomic E-state index is 0.0226. The average Bonchev–Trinajstić information content (AvgIpc) is 3.04. The van der Waals surface area contributed by atoms with Gasteiger partial charge in [0.1, 0.15) is 12.9 Å². The number of benzene rings is 1. The lowest BCUT2D eigenvalue weighted by Gasteiger charge is -2.24. The van der Waals surface area contributed by atoms with Crippen LogP contribution in [0.5, 0.6) is 0 Å². The summed E-state index contributed by atoms with van der Waals surface area (Å²) in [5.41, 5.74) is 0.548. The number of amides is 1. The third-order valence-corrected chi connectivity index (χ3v) is 5.88. The molecule has 9 heteroatoms. The van der Waals surface area contributed by atoms with Gasteiger partial charge in [-0.2, -0.15) is 8.42 Å². The monoisotopic (exact) mass is 364 g/mol. The number of rotatable bonds is 7. The van der Waals surface area contributed by atoms with Crippen LogP contribution in [0.25, 0.3) is 0 Å². The second-order valence-corrected chi connectivity index (χ2v) is 7.90. The zero-order valence-electron chi connectivity index (χ0n) is 13.6. The van der Waals surface area contributed by atoms with E-state index in [2.05, 4.69) is 15.4 Å². The van der Waals surface area contributed by atoms with Gasteiger partial charge in [-0.25, -0.2) is 4.98 Å². The Morgan fingerprint density at radius 3 is 2.56 bits per heavy atom. The van der Waals surface area contributed by atoms with Gasteiger partial charge in [0.25, 0.3) is 10.0 Å². The Hall–Kier alpha value is -2.26. The van der Waals surface area contributed by atoms with Crippen LogP contribution in [0.2, 0.25) is 0 Å². The summed E-state index contributed by atoms with van der Waals surface area (Å²) >= 11 is 0. The molecule has 0 radical (unpaired) electrons. The SMILES string of the molecule is O=C(CCC1CCC1)Nc1ccc(S(=O)(=O)n2cnc(CO)n2)cc1. The Bertz CT molecular complexity index is 841. The van der Waals surface area contributed by atoms with Gasteiger partial charge in [0.05, 0.1) is 4.90 Å². The van der Waals surface area contributed by atoms with Crippen LogP contribution < -0.4 is 5.32 Å². The highest BCUT2D eigenvalue weighted by Gasteiger charge is 2.20. The number of nitrogens with one attached hydrogen (secondary N) is 1. The van der Waals surface area contributed by atoms with Gasteiger partial charge in [-0.05, 0) is 36.6 Å². The van der Waals surface area contributed by atoms with Crippen LogP contribution in [0.3, 0.4) is 0 Å². The maximum absolute atomic E-state index is 12.4. The Labute approximate surface area is 145 Å². The van der Waals surface area contributed by atoms with Crippen molar-refractivity contribution in [1.29, 1.82) is 0 Å². The van der Waals surface area contributed by atoms with Crippen molar-refractivity contribution >= 4 is 21.6 Å². The first-order chi connectivity index (χ1) is 12.0. The van der Waals surface area contributed by atoms with E-state index < -0.39 is 16.6 Å². The van der Waals surface area contributed by atoms with Crippen molar-refractivity contribution in [1.82, 2.24) is 14.2 Å². The number of aliphatic hydroxyl groups is 1. The maximum Gasteiger partial charge on any atom is 0.284 e. The molecular weight excluding hydrogens is 344 g/mol. The fourth-order valence-electron chi connectivity index (χ4n) is 2.63. The predicted molar refractivity (Wildman–Crippen MR) is 90.2 cm³/mol. The van der Waals surface area contributed by atoms with Crippen molar-refractivity contribution in [3.05, 3.63) is 36.4 Å². The van der Waals surface area contributed by atoms with Crippen LogP contribution in [-0.4, -0.2) is 33.6 Å². The molecular formula is C16H20N4O4S. The molecule has 1 saturated carbocycles. The Balaban J connectivity index is 1.63. The van der Waals surface area contributed by atoms with Gasteiger partial charge < -0.3 is 10.4 Å². The molecule has 3 rings (SSSR count). The first-order valence-electron chi connectivity index (χ1n) is 8.16. The van der Waals surface area contributed by atoms with Crippen molar-refractivity contribution < 1.29 is 18.3 Å². The van der Waals surface area contributed by atoms with Gasteiger partial charge in [-0.15, -0.1) is 9.19 Å². The predicted octanol–water partition coefficient (Wildman–Crippen LogP) is 1.53. The number of hydrogen-bond acceptors (Lipinski definition) is 6. The Morgan fingerprint density at radius 1 is 1.28 bits per heavy atom. The van der Waals surface area contributed by atoms with Gasteiger partial charge in [-0.3, -0.25) is 4.79 Å². The summed E-state index contributed by atoms with van der Waals surface area (Å²) in [6.07, 6.45) is 6.09. The van der Waals surface area contributed by atoms with Crippen molar-refractivity contribution in [2.45, 2.75) is 43.6 Å². The summed E-state index contributed by atoms with van der Waals surface area (Å²) in [5, 5.41) is 15.4. The van der Waals surface area contributed by atoms with E-state index >= 15 is 0 Å². The van der Waals surface area contributed by atoms with Crippen molar-refractivity contribution in [2.24, 2.45) is 5.92 Å². The summed E-state index contributed by atoms with van der Waals surface area (Å²) in [7, 11) is -3.87. The largest absolute Gasteiger partial charge is 0.388 e. The quantitative estimate of drug-likeness (QED) is 0.770. The van der Waals surface area contributed by atoms with Crippen molar-refractivity contribution in [3.8, 4) is 0 Å². The molecule has 0 saturated heterocycles. The number of carbonyl (C=O) groups excluding carboxylic acids is 1. The number of hydrogen-bond donors (Lipinski definition) is 2. The molecule has 1 aromatic heterocycles. The van der Waals surface area contributed by atoms with Crippen LogP contribution in [0.15, 0.2) is 35.5 Å². The standard InChI is InChI=1S/C16H20N4O4S/c21-10-15-17-11-20(19-15)25(23,24)14-7-5-13(6-8-14)18-16(22)9-4-12-2-1-3-12/h5-8,11-12,21H,1-4,9-10H2,(H,18,22). The summed E-state index contributed by atoms with van der Waals surface area (Å²) in [6.45, 7) is -0.436. The fraction of sp³-hybridized carbons (Fsp3) is 0.438. The van der Waals surface area contributed by atoms with E-state index in [9.17, 15) is 13.2 Å². The molecule has 2 N–H and O–H groups in total. The van der Waals surface area contributed by atoms with Crippen LogP contribution in [0, 0.1) is 5.92 Å². The summed E-state index contributed by atoms with van der Waals surface area (Å²) in [4.78, 5) is 15.6. The van der Waals surface area contributed by atoms with E-state index in [1.54, 1.807) is 0 Å². The fourth-order valence-corrected chi connectivity index (χ4v) is 3.70. The molecule has 0 aliphatic heterocycles. The Morgan fingerprint density at radius 2 is 2.00 bits per heavy atom. The van der Waals surface area contributed by atoms with Gasteiger partial charge in [0.2, 0.25) is 5.91 Å². The van der Waals surface area contributed by atoms with E-state index in [-0.39, 0.29) is 16.6 Å². The van der Waals surface area contributed by atoms with Gasteiger partial charge in [-0.1, -0.05) is 19.3 Å². The molecule has 1 aliphatic rings. The van der Waals surface area contributed by atoms with E-state index in [0.29, 0.717) is 22.1 Å². The van der Waals surface area contributed by atoms with Crippen LogP contribution in [0.1, 0.15) is 37.9 Å². The second kappa shape index (κ2) is 7.32. The summed E-state index contributed by atoms with van der Waals surface area (Å²) < 4.78 is 25.5. The molecule has 1 amide bonds. The number of aliphatic hydroxyl groups excluding tert-OH is 1. The molecule has 1 heterocycles. The molecule has 0 spiro atoms. The first-order valence-corrected chi connectivity index (χ1v) is 9.60. The molecule has 8 nitrogen and oxygen atoms in total. The topological polar surface area (TPSA) is 114 Å². The minimum Gasteiger partial charge on any atom is -0.388 e. The van der Waals surface area contributed by atoms with E-state index in [1.807, 2.05) is 0 Å². The smallest absolute Gasteiger partial charge is 0.284 e. The third-order valence-electron chi connectivity index (χ3n) is 4.35. The Kier molecular flexibility index (Phi) is 5.14. The minimum atomic E-state index is -3.87. The zero-order chi connectivity index (χ0) is 17.9. The molecule has 25 heavy (non-hydrogen) atoms. The number of nitrogens with zero attached hydrogens (tertiary/aromatic N) is 3. The maximum atomic E-state index is 12.4. The average molecular weight is 364 g/mol. The highest BCUT2D eigenvalue weighted by Crippen LogP contribution is 2.30. The van der Waals surface area contributed by atoms with Crippen molar-refractivity contribution in [2.75, 3.05) is 5.32 Å².